The first kappa shape index (κ1) is 21.1. The lowest BCUT2D eigenvalue weighted by Gasteiger charge is -2.32. The number of amides is 1. The summed E-state index contributed by atoms with van der Waals surface area (Å²) in [6.45, 7) is 13.9. The summed E-state index contributed by atoms with van der Waals surface area (Å²) >= 11 is 6.34. The van der Waals surface area contributed by atoms with E-state index >= 15 is 0 Å². The summed E-state index contributed by atoms with van der Waals surface area (Å²) in [6.07, 6.45) is -0.394. The van der Waals surface area contributed by atoms with Crippen molar-refractivity contribution in [3.63, 3.8) is 0 Å². The van der Waals surface area contributed by atoms with Crippen LogP contribution in [0, 0.1) is 0 Å². The molecule has 0 saturated carbocycles. The van der Waals surface area contributed by atoms with Crippen molar-refractivity contribution < 1.29 is 18.8 Å². The maximum Gasteiger partial charge on any atom is 0.494 e. The highest BCUT2D eigenvalue weighted by Crippen LogP contribution is 2.36. The molecule has 0 radical (unpaired) electrons. The normalized spacial score (nSPS) is 18.7. The number of ether oxygens (including phenoxy) is 1. The van der Waals surface area contributed by atoms with Gasteiger partial charge in [0, 0.05) is 12.1 Å². The molecular weight excluding hydrogens is 352 g/mol. The second-order valence-corrected chi connectivity index (χ2v) is 9.18. The van der Waals surface area contributed by atoms with Crippen LogP contribution in [0.2, 0.25) is 5.02 Å². The SMILES string of the molecule is CN(Cc1cc(B2OC(C)(C)C(C)(C)O2)ccc1Cl)C(=O)OC(C)(C)C. The summed E-state index contributed by atoms with van der Waals surface area (Å²) < 4.78 is 17.6. The lowest BCUT2D eigenvalue weighted by Crippen LogP contribution is -2.41. The predicted octanol–water partition coefficient (Wildman–Crippen LogP) is 4.01. The number of carbonyl (C=O) groups excluding carboxylic acids is 1. The van der Waals surface area contributed by atoms with Crippen molar-refractivity contribution in [2.24, 2.45) is 0 Å². The van der Waals surface area contributed by atoms with Crippen molar-refractivity contribution in [1.82, 2.24) is 4.90 Å². The number of rotatable bonds is 3. The Morgan fingerprint density at radius 2 is 1.73 bits per heavy atom. The summed E-state index contributed by atoms with van der Waals surface area (Å²) in [4.78, 5) is 13.7. The molecule has 0 unspecified atom stereocenters. The Hall–Kier alpha value is -1.24. The zero-order valence-electron chi connectivity index (χ0n) is 17.0. The van der Waals surface area contributed by atoms with E-state index in [0.717, 1.165) is 11.0 Å². The second kappa shape index (κ2) is 7.06. The summed E-state index contributed by atoms with van der Waals surface area (Å²) in [5, 5.41) is 0.584. The van der Waals surface area contributed by atoms with Crippen LogP contribution in [0.5, 0.6) is 0 Å². The molecule has 0 spiro atoms. The van der Waals surface area contributed by atoms with Gasteiger partial charge in [-0.15, -0.1) is 0 Å². The summed E-state index contributed by atoms with van der Waals surface area (Å²) in [7, 11) is 1.22. The number of hydrogen-bond acceptors (Lipinski definition) is 4. The van der Waals surface area contributed by atoms with E-state index in [9.17, 15) is 4.79 Å². The van der Waals surface area contributed by atoms with Crippen LogP contribution < -0.4 is 5.46 Å². The number of nitrogens with zero attached hydrogens (tertiary/aromatic N) is 1. The highest BCUT2D eigenvalue weighted by Gasteiger charge is 2.51. The Bertz CT molecular complexity index is 669. The standard InChI is InChI=1S/C19H29BClNO4/c1-17(2,3)24-16(23)22(8)12-13-11-14(9-10-15(13)21)20-25-18(4,5)19(6,7)26-20/h9-11H,12H2,1-8H3. The first-order valence-corrected chi connectivity index (χ1v) is 9.18. The fraction of sp³-hybridized carbons (Fsp3) is 0.632. The van der Waals surface area contributed by atoms with Crippen LogP contribution in [0.4, 0.5) is 4.79 Å². The molecule has 26 heavy (non-hydrogen) atoms. The summed E-state index contributed by atoms with van der Waals surface area (Å²) in [5.41, 5.74) is 0.322. The van der Waals surface area contributed by atoms with Gasteiger partial charge < -0.3 is 18.9 Å². The quantitative estimate of drug-likeness (QED) is 0.742. The molecular formula is C19H29BClNO4. The van der Waals surface area contributed by atoms with Crippen LogP contribution in [0.1, 0.15) is 54.0 Å². The predicted molar refractivity (Wildman–Crippen MR) is 105 cm³/mol. The van der Waals surface area contributed by atoms with Crippen molar-refractivity contribution in [3.05, 3.63) is 28.8 Å². The Morgan fingerprint density at radius 1 is 1.19 bits per heavy atom. The van der Waals surface area contributed by atoms with E-state index in [1.54, 1.807) is 13.1 Å². The topological polar surface area (TPSA) is 48.0 Å². The second-order valence-electron chi connectivity index (χ2n) is 8.78. The van der Waals surface area contributed by atoms with Crippen molar-refractivity contribution in [2.75, 3.05) is 7.05 Å². The number of halogens is 1. The fourth-order valence-electron chi connectivity index (χ4n) is 2.50. The molecule has 1 aliphatic rings. The molecule has 0 aromatic heterocycles. The largest absolute Gasteiger partial charge is 0.494 e. The van der Waals surface area contributed by atoms with E-state index in [0.29, 0.717) is 11.6 Å². The monoisotopic (exact) mass is 381 g/mol. The van der Waals surface area contributed by atoms with Gasteiger partial charge in [0.2, 0.25) is 0 Å². The van der Waals surface area contributed by atoms with Crippen LogP contribution >= 0.6 is 11.6 Å². The zero-order valence-corrected chi connectivity index (χ0v) is 17.7. The van der Waals surface area contributed by atoms with Crippen LogP contribution in [-0.2, 0) is 20.6 Å². The van der Waals surface area contributed by atoms with Gasteiger partial charge in [-0.3, -0.25) is 0 Å². The van der Waals surface area contributed by atoms with Crippen LogP contribution in [0.25, 0.3) is 0 Å². The molecule has 0 N–H and O–H groups in total. The van der Waals surface area contributed by atoms with E-state index in [1.807, 2.05) is 60.6 Å². The van der Waals surface area contributed by atoms with E-state index in [4.69, 9.17) is 25.6 Å². The number of carbonyl (C=O) groups is 1. The Morgan fingerprint density at radius 3 is 2.23 bits per heavy atom. The van der Waals surface area contributed by atoms with E-state index < -0.39 is 30.0 Å². The summed E-state index contributed by atoms with van der Waals surface area (Å²) in [5.74, 6) is 0. The van der Waals surface area contributed by atoms with Gasteiger partial charge in [0.25, 0.3) is 0 Å². The maximum atomic E-state index is 12.2. The molecule has 5 nitrogen and oxygen atoms in total. The molecule has 1 aromatic carbocycles. The molecule has 2 rings (SSSR count). The smallest absolute Gasteiger partial charge is 0.444 e. The van der Waals surface area contributed by atoms with Crippen LogP contribution in [-0.4, -0.2) is 42.0 Å². The minimum absolute atomic E-state index is 0.334. The number of hydrogen-bond donors (Lipinski definition) is 0. The van der Waals surface area contributed by atoms with Crippen molar-refractivity contribution in [2.45, 2.75) is 71.8 Å². The fourth-order valence-corrected chi connectivity index (χ4v) is 2.68. The third kappa shape index (κ3) is 4.73. The van der Waals surface area contributed by atoms with Crippen LogP contribution in [0.15, 0.2) is 18.2 Å². The minimum atomic E-state index is -0.542. The lowest BCUT2D eigenvalue weighted by atomic mass is 9.78. The average Bonchev–Trinajstić information content (AvgIpc) is 2.67. The van der Waals surface area contributed by atoms with E-state index in [1.165, 1.54) is 4.90 Å². The molecule has 1 heterocycles. The highest BCUT2D eigenvalue weighted by molar-refractivity contribution is 6.62. The first-order valence-electron chi connectivity index (χ1n) is 8.80. The number of benzene rings is 1. The van der Waals surface area contributed by atoms with Crippen LogP contribution in [0.3, 0.4) is 0 Å². The van der Waals surface area contributed by atoms with Crippen molar-refractivity contribution in [1.29, 1.82) is 0 Å². The minimum Gasteiger partial charge on any atom is -0.444 e. The Balaban J connectivity index is 2.17. The van der Waals surface area contributed by atoms with Gasteiger partial charge in [0.05, 0.1) is 17.7 Å². The van der Waals surface area contributed by atoms with E-state index in [2.05, 4.69) is 0 Å². The molecule has 0 aliphatic carbocycles. The van der Waals surface area contributed by atoms with Gasteiger partial charge in [0.1, 0.15) is 5.60 Å². The Labute approximate surface area is 162 Å². The molecule has 1 amide bonds. The van der Waals surface area contributed by atoms with Gasteiger partial charge in [-0.05, 0) is 65.6 Å². The molecule has 0 atom stereocenters. The van der Waals surface area contributed by atoms with Crippen molar-refractivity contribution in [3.8, 4) is 0 Å². The van der Waals surface area contributed by atoms with Crippen molar-refractivity contribution >= 4 is 30.3 Å². The average molecular weight is 382 g/mol. The third-order valence-corrected chi connectivity index (χ3v) is 5.08. The van der Waals surface area contributed by atoms with Gasteiger partial charge >= 0.3 is 13.2 Å². The molecule has 0 bridgehead atoms. The first-order chi connectivity index (χ1) is 11.7. The van der Waals surface area contributed by atoms with Gasteiger partial charge in [-0.2, -0.15) is 0 Å². The molecule has 1 fully saturated rings. The van der Waals surface area contributed by atoms with E-state index in [-0.39, 0.29) is 0 Å². The summed E-state index contributed by atoms with van der Waals surface area (Å²) in [6, 6.07) is 5.62. The van der Waals surface area contributed by atoms with Gasteiger partial charge in [0.15, 0.2) is 0 Å². The molecule has 144 valence electrons. The molecule has 1 aliphatic heterocycles. The molecule has 1 aromatic rings. The lowest BCUT2D eigenvalue weighted by molar-refractivity contribution is 0.00578. The Kier molecular flexibility index (Phi) is 5.72. The molecule has 1 saturated heterocycles. The molecule has 7 heteroatoms. The van der Waals surface area contributed by atoms with Gasteiger partial charge in [-0.25, -0.2) is 4.79 Å². The highest BCUT2D eigenvalue weighted by atomic mass is 35.5. The maximum absolute atomic E-state index is 12.2. The van der Waals surface area contributed by atoms with Gasteiger partial charge in [-0.1, -0.05) is 23.7 Å². The third-order valence-electron chi connectivity index (χ3n) is 4.71. The zero-order chi connectivity index (χ0) is 19.9.